The van der Waals surface area contributed by atoms with Gasteiger partial charge in [-0.15, -0.1) is 0 Å². The van der Waals surface area contributed by atoms with E-state index in [0.29, 0.717) is 44.1 Å². The highest BCUT2D eigenvalue weighted by atomic mass is 35.5. The molecular formula is C21H15Cl2N3O3. The molecule has 0 saturated carbocycles. The minimum absolute atomic E-state index is 0.183. The Morgan fingerprint density at radius 1 is 1.03 bits per heavy atom. The molecule has 2 aromatic heterocycles. The number of aryl methyl sites for hydroxylation is 1. The molecule has 0 unspecified atom stereocenters. The van der Waals surface area contributed by atoms with Gasteiger partial charge in [0.25, 0.3) is 5.91 Å². The van der Waals surface area contributed by atoms with Crippen LogP contribution in [-0.2, 0) is 6.54 Å². The lowest BCUT2D eigenvalue weighted by atomic mass is 10.1. The molecule has 29 heavy (non-hydrogen) atoms. The van der Waals surface area contributed by atoms with E-state index in [1.165, 1.54) is 0 Å². The Balaban J connectivity index is 1.51. The van der Waals surface area contributed by atoms with E-state index in [4.69, 9.17) is 32.2 Å². The van der Waals surface area contributed by atoms with E-state index in [1.807, 2.05) is 18.2 Å². The van der Waals surface area contributed by atoms with Gasteiger partial charge in [-0.3, -0.25) is 4.79 Å². The SMILES string of the molecule is Cc1onc(-c2ccccc2Cl)c1C(=O)NCc1cc(-c2ccc(Cl)cc2)on1. The van der Waals surface area contributed by atoms with Gasteiger partial charge in [-0.25, -0.2) is 0 Å². The summed E-state index contributed by atoms with van der Waals surface area (Å²) in [4.78, 5) is 12.8. The molecule has 1 amide bonds. The molecule has 6 nitrogen and oxygen atoms in total. The standard InChI is InChI=1S/C21H15Cl2N3O3/c1-12-19(20(26-28-12)16-4-2-3-5-17(16)23)21(27)24-11-15-10-18(29-25-15)13-6-8-14(22)9-7-13/h2-10H,11H2,1H3,(H,24,27). The minimum Gasteiger partial charge on any atom is -0.360 e. The van der Waals surface area contributed by atoms with E-state index in [1.54, 1.807) is 43.3 Å². The Bertz CT molecular complexity index is 1170. The van der Waals surface area contributed by atoms with Crippen LogP contribution in [0.2, 0.25) is 10.0 Å². The van der Waals surface area contributed by atoms with Gasteiger partial charge in [0.15, 0.2) is 5.76 Å². The maximum absolute atomic E-state index is 12.8. The van der Waals surface area contributed by atoms with Gasteiger partial charge >= 0.3 is 0 Å². The quantitative estimate of drug-likeness (QED) is 0.451. The molecule has 0 bridgehead atoms. The largest absolute Gasteiger partial charge is 0.360 e. The number of hydrogen-bond acceptors (Lipinski definition) is 5. The molecule has 4 rings (SSSR count). The van der Waals surface area contributed by atoms with E-state index < -0.39 is 0 Å². The summed E-state index contributed by atoms with van der Waals surface area (Å²) in [5.41, 5.74) is 2.78. The Morgan fingerprint density at radius 2 is 1.79 bits per heavy atom. The average molecular weight is 428 g/mol. The van der Waals surface area contributed by atoms with Gasteiger partial charge in [-0.1, -0.05) is 51.7 Å². The van der Waals surface area contributed by atoms with Crippen molar-refractivity contribution in [1.29, 1.82) is 0 Å². The number of benzene rings is 2. The highest BCUT2D eigenvalue weighted by Gasteiger charge is 2.23. The molecule has 0 atom stereocenters. The van der Waals surface area contributed by atoms with Crippen molar-refractivity contribution in [2.75, 3.05) is 0 Å². The molecule has 4 aromatic rings. The van der Waals surface area contributed by atoms with Crippen LogP contribution in [0.25, 0.3) is 22.6 Å². The van der Waals surface area contributed by atoms with Crippen molar-refractivity contribution in [2.45, 2.75) is 13.5 Å². The monoisotopic (exact) mass is 427 g/mol. The molecule has 146 valence electrons. The van der Waals surface area contributed by atoms with Crippen molar-refractivity contribution in [3.63, 3.8) is 0 Å². The number of rotatable bonds is 5. The average Bonchev–Trinajstić information content (AvgIpc) is 3.34. The first-order chi connectivity index (χ1) is 14.0. The zero-order chi connectivity index (χ0) is 20.4. The third-order valence-corrected chi connectivity index (χ3v) is 4.92. The van der Waals surface area contributed by atoms with Crippen LogP contribution in [0.3, 0.4) is 0 Å². The summed E-state index contributed by atoms with van der Waals surface area (Å²) < 4.78 is 10.6. The third-order valence-electron chi connectivity index (χ3n) is 4.34. The van der Waals surface area contributed by atoms with E-state index in [0.717, 1.165) is 5.56 Å². The normalized spacial score (nSPS) is 10.9. The molecule has 2 aromatic carbocycles. The summed E-state index contributed by atoms with van der Waals surface area (Å²) >= 11 is 12.1. The predicted octanol–water partition coefficient (Wildman–Crippen LogP) is 5.54. The molecule has 0 aliphatic heterocycles. The Morgan fingerprint density at radius 3 is 2.55 bits per heavy atom. The van der Waals surface area contributed by atoms with E-state index in [9.17, 15) is 4.79 Å². The van der Waals surface area contributed by atoms with E-state index >= 15 is 0 Å². The summed E-state index contributed by atoms with van der Waals surface area (Å²) in [6.45, 7) is 1.86. The molecule has 0 radical (unpaired) electrons. The molecule has 1 N–H and O–H groups in total. The number of nitrogens with one attached hydrogen (secondary N) is 1. The first kappa shape index (κ1) is 19.2. The van der Waals surface area contributed by atoms with Crippen LogP contribution in [0.1, 0.15) is 21.8 Å². The second kappa shape index (κ2) is 8.11. The lowest BCUT2D eigenvalue weighted by molar-refractivity contribution is 0.0949. The molecule has 8 heteroatoms. The van der Waals surface area contributed by atoms with Crippen LogP contribution in [0.4, 0.5) is 0 Å². The van der Waals surface area contributed by atoms with Crippen LogP contribution in [0.15, 0.2) is 63.6 Å². The van der Waals surface area contributed by atoms with E-state index in [-0.39, 0.29) is 12.5 Å². The number of hydrogen-bond donors (Lipinski definition) is 1. The number of aromatic nitrogens is 2. The van der Waals surface area contributed by atoms with Crippen LogP contribution >= 0.6 is 23.2 Å². The number of amides is 1. The van der Waals surface area contributed by atoms with Gasteiger partial charge < -0.3 is 14.4 Å². The highest BCUT2D eigenvalue weighted by Crippen LogP contribution is 2.31. The molecule has 0 spiro atoms. The Hall–Kier alpha value is -3.09. The first-order valence-corrected chi connectivity index (χ1v) is 9.49. The fourth-order valence-corrected chi connectivity index (χ4v) is 3.23. The van der Waals surface area contributed by atoms with Gasteiger partial charge in [-0.2, -0.15) is 0 Å². The Labute approximate surface area is 176 Å². The summed E-state index contributed by atoms with van der Waals surface area (Å²) in [5.74, 6) is 0.651. The van der Waals surface area contributed by atoms with Crippen molar-refractivity contribution >= 4 is 29.1 Å². The molecule has 0 aliphatic rings. The van der Waals surface area contributed by atoms with Gasteiger partial charge in [0.05, 0.1) is 11.6 Å². The maximum atomic E-state index is 12.8. The zero-order valence-electron chi connectivity index (χ0n) is 15.3. The summed E-state index contributed by atoms with van der Waals surface area (Å²) in [6, 6.07) is 16.1. The zero-order valence-corrected chi connectivity index (χ0v) is 16.8. The Kier molecular flexibility index (Phi) is 5.38. The molecule has 0 saturated heterocycles. The second-order valence-electron chi connectivity index (χ2n) is 6.31. The molecule has 2 heterocycles. The first-order valence-electron chi connectivity index (χ1n) is 8.74. The number of nitrogens with zero attached hydrogens (tertiary/aromatic N) is 2. The van der Waals surface area contributed by atoms with Crippen LogP contribution in [0.5, 0.6) is 0 Å². The molecule has 0 aliphatic carbocycles. The van der Waals surface area contributed by atoms with Gasteiger partial charge in [0, 0.05) is 22.2 Å². The lowest BCUT2D eigenvalue weighted by Gasteiger charge is -2.05. The van der Waals surface area contributed by atoms with Gasteiger partial charge in [0.2, 0.25) is 0 Å². The van der Waals surface area contributed by atoms with Crippen molar-refractivity contribution in [1.82, 2.24) is 15.6 Å². The number of carbonyl (C=O) groups is 1. The van der Waals surface area contributed by atoms with Crippen molar-refractivity contribution in [2.24, 2.45) is 0 Å². The van der Waals surface area contributed by atoms with Crippen molar-refractivity contribution in [3.8, 4) is 22.6 Å². The van der Waals surface area contributed by atoms with Crippen LogP contribution in [-0.4, -0.2) is 16.2 Å². The smallest absolute Gasteiger partial charge is 0.257 e. The van der Waals surface area contributed by atoms with Crippen molar-refractivity contribution in [3.05, 3.63) is 81.7 Å². The summed E-state index contributed by atoms with van der Waals surface area (Å²) in [5, 5.41) is 12.0. The molecular weight excluding hydrogens is 413 g/mol. The second-order valence-corrected chi connectivity index (χ2v) is 7.16. The van der Waals surface area contributed by atoms with Crippen molar-refractivity contribution < 1.29 is 13.8 Å². The fraction of sp³-hybridized carbons (Fsp3) is 0.0952. The van der Waals surface area contributed by atoms with E-state index in [2.05, 4.69) is 15.6 Å². The summed E-state index contributed by atoms with van der Waals surface area (Å²) in [7, 11) is 0. The van der Waals surface area contributed by atoms with Gasteiger partial charge in [-0.05, 0) is 37.3 Å². The van der Waals surface area contributed by atoms with Crippen LogP contribution in [0, 0.1) is 6.92 Å². The topological polar surface area (TPSA) is 81.2 Å². The minimum atomic E-state index is -0.338. The van der Waals surface area contributed by atoms with Gasteiger partial charge in [0.1, 0.15) is 22.7 Å². The highest BCUT2D eigenvalue weighted by molar-refractivity contribution is 6.33. The maximum Gasteiger partial charge on any atom is 0.257 e. The van der Waals surface area contributed by atoms with Crippen LogP contribution < -0.4 is 5.32 Å². The predicted molar refractivity (Wildman–Crippen MR) is 110 cm³/mol. The molecule has 0 fully saturated rings. The number of halogens is 2. The fourth-order valence-electron chi connectivity index (χ4n) is 2.88. The lowest BCUT2D eigenvalue weighted by Crippen LogP contribution is -2.23. The third kappa shape index (κ3) is 4.04. The summed E-state index contributed by atoms with van der Waals surface area (Å²) in [6.07, 6.45) is 0. The number of carbonyl (C=O) groups excluding carboxylic acids is 1.